The standard InChI is InChI=1S/C22H26N4O2S/c1-4-23-22(24-13-16-10-11-19(27-2)20(12-16)28-3)25-14-18-15-29-21(26-18)17-8-6-5-7-9-17/h5-12,15H,4,13-14H2,1-3H3,(H2,23,24,25). The van der Waals surface area contributed by atoms with Crippen LogP contribution in [0.5, 0.6) is 11.5 Å². The summed E-state index contributed by atoms with van der Waals surface area (Å²) in [6, 6.07) is 16.0. The first-order valence-corrected chi connectivity index (χ1v) is 10.3. The maximum atomic E-state index is 5.36. The number of aliphatic imine (C=N–C) groups is 1. The molecule has 2 aromatic carbocycles. The molecule has 3 aromatic rings. The summed E-state index contributed by atoms with van der Waals surface area (Å²) >= 11 is 1.65. The summed E-state index contributed by atoms with van der Waals surface area (Å²) in [6.45, 7) is 3.97. The second-order valence-corrected chi connectivity index (χ2v) is 7.11. The molecule has 0 aliphatic heterocycles. The number of methoxy groups -OCH3 is 2. The lowest BCUT2D eigenvalue weighted by molar-refractivity contribution is 0.354. The lowest BCUT2D eigenvalue weighted by Crippen LogP contribution is -2.36. The summed E-state index contributed by atoms with van der Waals surface area (Å²) in [6.07, 6.45) is 0. The molecule has 7 heteroatoms. The molecule has 0 saturated heterocycles. The van der Waals surface area contributed by atoms with Gasteiger partial charge in [0.15, 0.2) is 17.5 Å². The number of guanidine groups is 1. The Morgan fingerprint density at radius 2 is 1.83 bits per heavy atom. The van der Waals surface area contributed by atoms with Gasteiger partial charge in [-0.05, 0) is 24.6 Å². The van der Waals surface area contributed by atoms with Gasteiger partial charge in [0, 0.05) is 17.5 Å². The van der Waals surface area contributed by atoms with E-state index in [0.29, 0.717) is 24.6 Å². The van der Waals surface area contributed by atoms with Crippen molar-refractivity contribution in [3.05, 3.63) is 65.2 Å². The van der Waals surface area contributed by atoms with Crippen LogP contribution in [0.25, 0.3) is 10.6 Å². The normalized spacial score (nSPS) is 11.2. The summed E-state index contributed by atoms with van der Waals surface area (Å²) in [5, 5.41) is 9.72. The van der Waals surface area contributed by atoms with Crippen LogP contribution in [-0.4, -0.2) is 31.7 Å². The molecule has 0 saturated carbocycles. The van der Waals surface area contributed by atoms with Crippen LogP contribution in [0.4, 0.5) is 0 Å². The highest BCUT2D eigenvalue weighted by Crippen LogP contribution is 2.27. The first kappa shape index (κ1) is 20.7. The molecule has 29 heavy (non-hydrogen) atoms. The van der Waals surface area contributed by atoms with Crippen molar-refractivity contribution in [1.29, 1.82) is 0 Å². The van der Waals surface area contributed by atoms with Gasteiger partial charge in [-0.2, -0.15) is 0 Å². The van der Waals surface area contributed by atoms with Crippen molar-refractivity contribution in [2.75, 3.05) is 20.8 Å². The Kier molecular flexibility index (Phi) is 7.47. The molecular formula is C22H26N4O2S. The fourth-order valence-corrected chi connectivity index (χ4v) is 3.59. The maximum absolute atomic E-state index is 5.36. The lowest BCUT2D eigenvalue weighted by atomic mass is 10.2. The van der Waals surface area contributed by atoms with Gasteiger partial charge in [0.25, 0.3) is 0 Å². The van der Waals surface area contributed by atoms with Crippen LogP contribution in [0.1, 0.15) is 18.2 Å². The third-order valence-corrected chi connectivity index (χ3v) is 5.16. The molecule has 0 radical (unpaired) electrons. The van der Waals surface area contributed by atoms with E-state index in [1.807, 2.05) is 43.3 Å². The summed E-state index contributed by atoms with van der Waals surface area (Å²) in [5.41, 5.74) is 3.17. The van der Waals surface area contributed by atoms with Gasteiger partial charge in [-0.3, -0.25) is 0 Å². The summed E-state index contributed by atoms with van der Waals surface area (Å²) in [5.74, 6) is 2.16. The minimum atomic E-state index is 0.530. The van der Waals surface area contributed by atoms with Gasteiger partial charge in [-0.1, -0.05) is 36.4 Å². The molecule has 0 unspecified atom stereocenters. The molecule has 0 aliphatic carbocycles. The predicted octanol–water partition coefficient (Wildman–Crippen LogP) is 4.08. The Bertz CT molecular complexity index is 941. The smallest absolute Gasteiger partial charge is 0.191 e. The molecule has 152 valence electrons. The molecule has 2 N–H and O–H groups in total. The van der Waals surface area contributed by atoms with Crippen LogP contribution < -0.4 is 20.1 Å². The Balaban J connectivity index is 1.63. The van der Waals surface area contributed by atoms with Crippen LogP contribution in [0.3, 0.4) is 0 Å². The average Bonchev–Trinajstić information content (AvgIpc) is 3.25. The SMILES string of the molecule is CCNC(=NCc1ccc(OC)c(OC)c1)NCc1csc(-c2ccccc2)n1. The van der Waals surface area contributed by atoms with Gasteiger partial charge in [0.1, 0.15) is 5.01 Å². The highest BCUT2D eigenvalue weighted by molar-refractivity contribution is 7.13. The highest BCUT2D eigenvalue weighted by Gasteiger charge is 2.07. The van der Waals surface area contributed by atoms with E-state index in [2.05, 4.69) is 33.1 Å². The first-order chi connectivity index (χ1) is 14.2. The molecule has 1 aromatic heterocycles. The fourth-order valence-electron chi connectivity index (χ4n) is 2.77. The summed E-state index contributed by atoms with van der Waals surface area (Å²) < 4.78 is 10.6. The largest absolute Gasteiger partial charge is 0.493 e. The van der Waals surface area contributed by atoms with Crippen LogP contribution in [0.2, 0.25) is 0 Å². The number of benzene rings is 2. The molecule has 0 aliphatic rings. The number of thiazole rings is 1. The topological polar surface area (TPSA) is 67.8 Å². The van der Waals surface area contributed by atoms with E-state index in [4.69, 9.17) is 14.5 Å². The van der Waals surface area contributed by atoms with Gasteiger partial charge >= 0.3 is 0 Å². The van der Waals surface area contributed by atoms with E-state index in [1.165, 1.54) is 0 Å². The minimum Gasteiger partial charge on any atom is -0.493 e. The molecule has 0 amide bonds. The monoisotopic (exact) mass is 410 g/mol. The van der Waals surface area contributed by atoms with Crippen LogP contribution in [0.15, 0.2) is 58.9 Å². The molecule has 0 atom stereocenters. The first-order valence-electron chi connectivity index (χ1n) is 9.46. The summed E-state index contributed by atoms with van der Waals surface area (Å²) in [7, 11) is 3.26. The van der Waals surface area contributed by atoms with Crippen molar-refractivity contribution < 1.29 is 9.47 Å². The fraction of sp³-hybridized carbons (Fsp3) is 0.273. The highest BCUT2D eigenvalue weighted by atomic mass is 32.1. The molecule has 0 bridgehead atoms. The number of nitrogens with one attached hydrogen (secondary N) is 2. The van der Waals surface area contributed by atoms with Crippen molar-refractivity contribution in [1.82, 2.24) is 15.6 Å². The van der Waals surface area contributed by atoms with Gasteiger partial charge in [0.2, 0.25) is 0 Å². The van der Waals surface area contributed by atoms with Gasteiger partial charge in [-0.15, -0.1) is 11.3 Å². The predicted molar refractivity (Wildman–Crippen MR) is 119 cm³/mol. The zero-order chi connectivity index (χ0) is 20.5. The van der Waals surface area contributed by atoms with Crippen LogP contribution >= 0.6 is 11.3 Å². The van der Waals surface area contributed by atoms with Crippen molar-refractivity contribution >= 4 is 17.3 Å². The Morgan fingerprint density at radius 3 is 2.55 bits per heavy atom. The zero-order valence-electron chi connectivity index (χ0n) is 16.9. The van der Waals surface area contributed by atoms with Gasteiger partial charge in [0.05, 0.1) is 33.0 Å². The Hall–Kier alpha value is -3.06. The third kappa shape index (κ3) is 5.71. The van der Waals surface area contributed by atoms with E-state index in [-0.39, 0.29) is 0 Å². The van der Waals surface area contributed by atoms with Gasteiger partial charge in [-0.25, -0.2) is 9.98 Å². The molecule has 0 fully saturated rings. The Labute approximate surface area is 175 Å². The lowest BCUT2D eigenvalue weighted by Gasteiger charge is -2.11. The molecule has 3 rings (SSSR count). The molecule has 6 nitrogen and oxygen atoms in total. The second kappa shape index (κ2) is 10.5. The van der Waals surface area contributed by atoms with Crippen LogP contribution in [0, 0.1) is 0 Å². The molecular weight excluding hydrogens is 384 g/mol. The zero-order valence-corrected chi connectivity index (χ0v) is 17.8. The number of ether oxygens (including phenoxy) is 2. The van der Waals surface area contributed by atoms with Crippen LogP contribution in [-0.2, 0) is 13.1 Å². The number of hydrogen-bond donors (Lipinski definition) is 2. The van der Waals surface area contributed by atoms with E-state index in [9.17, 15) is 0 Å². The molecule has 1 heterocycles. The minimum absolute atomic E-state index is 0.530. The number of hydrogen-bond acceptors (Lipinski definition) is 5. The van der Waals surface area contributed by atoms with E-state index in [1.54, 1.807) is 25.6 Å². The number of nitrogens with zero attached hydrogens (tertiary/aromatic N) is 2. The average molecular weight is 411 g/mol. The molecule has 0 spiro atoms. The van der Waals surface area contributed by atoms with E-state index >= 15 is 0 Å². The summed E-state index contributed by atoms with van der Waals surface area (Å²) in [4.78, 5) is 9.38. The van der Waals surface area contributed by atoms with Crippen molar-refractivity contribution in [2.24, 2.45) is 4.99 Å². The second-order valence-electron chi connectivity index (χ2n) is 6.25. The van der Waals surface area contributed by atoms with Gasteiger partial charge < -0.3 is 20.1 Å². The quantitative estimate of drug-likeness (QED) is 0.433. The third-order valence-electron chi connectivity index (χ3n) is 4.22. The van der Waals surface area contributed by atoms with Crippen molar-refractivity contribution in [2.45, 2.75) is 20.0 Å². The number of rotatable bonds is 8. The van der Waals surface area contributed by atoms with E-state index < -0.39 is 0 Å². The van der Waals surface area contributed by atoms with Crippen molar-refractivity contribution in [3.63, 3.8) is 0 Å². The Morgan fingerprint density at radius 1 is 1.03 bits per heavy atom. The maximum Gasteiger partial charge on any atom is 0.191 e. The van der Waals surface area contributed by atoms with E-state index in [0.717, 1.165) is 34.3 Å². The van der Waals surface area contributed by atoms with Crippen molar-refractivity contribution in [3.8, 4) is 22.1 Å². The number of aromatic nitrogens is 1.